The maximum atomic E-state index is 14.6. The molecule has 0 aliphatic carbocycles. The Kier molecular flexibility index (Phi) is 4.42. The largest absolute Gasteiger partial charge is 0.338 e. The van der Waals surface area contributed by atoms with Gasteiger partial charge < -0.3 is 9.80 Å². The molecule has 0 bridgehead atoms. The van der Waals surface area contributed by atoms with Crippen LogP contribution in [-0.2, 0) is 0 Å². The predicted octanol–water partition coefficient (Wildman–Crippen LogP) is 2.65. The molecule has 0 spiro atoms. The van der Waals surface area contributed by atoms with Gasteiger partial charge in [-0.2, -0.15) is 0 Å². The van der Waals surface area contributed by atoms with Crippen molar-refractivity contribution < 1.29 is 9.18 Å². The molecule has 2 aromatic heterocycles. The number of aromatic nitrogens is 4. The maximum absolute atomic E-state index is 14.6. The third-order valence-electron chi connectivity index (χ3n) is 5.79. The summed E-state index contributed by atoms with van der Waals surface area (Å²) in [6.07, 6.45) is 3.09. The number of hydrogen-bond acceptors (Lipinski definition) is 6. The minimum absolute atomic E-state index is 0.0646. The highest BCUT2D eigenvalue weighted by Gasteiger charge is 2.49. The number of fused-ring (bicyclic) bond motifs is 1. The molecule has 2 saturated heterocycles. The van der Waals surface area contributed by atoms with Crippen LogP contribution in [0.5, 0.6) is 0 Å². The fraction of sp³-hybridized carbons (Fsp3) is 0.318. The van der Waals surface area contributed by atoms with E-state index < -0.39 is 5.82 Å². The lowest BCUT2D eigenvalue weighted by Gasteiger charge is -2.43. The molecule has 0 N–H and O–H groups in total. The van der Waals surface area contributed by atoms with Crippen LogP contribution in [0.3, 0.4) is 0 Å². The number of halogens is 1. The van der Waals surface area contributed by atoms with Crippen LogP contribution < -0.4 is 4.90 Å². The van der Waals surface area contributed by atoms with Gasteiger partial charge in [0.05, 0.1) is 17.2 Å². The van der Waals surface area contributed by atoms with Crippen molar-refractivity contribution in [2.75, 3.05) is 24.5 Å². The number of anilines is 1. The molecule has 2 aliphatic rings. The molecule has 2 unspecified atom stereocenters. The third-order valence-corrected chi connectivity index (χ3v) is 5.79. The van der Waals surface area contributed by atoms with Crippen molar-refractivity contribution >= 4 is 11.9 Å². The number of nitrogens with zero attached hydrogens (tertiary/aromatic N) is 6. The second-order valence-corrected chi connectivity index (χ2v) is 7.88. The van der Waals surface area contributed by atoms with E-state index in [-0.39, 0.29) is 23.3 Å². The summed E-state index contributed by atoms with van der Waals surface area (Å²) in [5.41, 5.74) is 2.30. The van der Waals surface area contributed by atoms with Crippen LogP contribution in [0.25, 0.3) is 11.4 Å². The van der Waals surface area contributed by atoms with Crippen molar-refractivity contribution in [3.8, 4) is 11.4 Å². The maximum Gasteiger partial charge on any atom is 0.255 e. The van der Waals surface area contributed by atoms with E-state index in [0.29, 0.717) is 30.5 Å². The molecule has 5 rings (SSSR count). The first kappa shape index (κ1) is 18.6. The minimum Gasteiger partial charge on any atom is -0.338 e. The number of amides is 1. The molecular weight excluding hydrogens is 383 g/mol. The molecule has 152 valence electrons. The van der Waals surface area contributed by atoms with E-state index in [1.807, 2.05) is 24.8 Å². The third kappa shape index (κ3) is 3.08. The van der Waals surface area contributed by atoms with E-state index in [0.717, 1.165) is 17.9 Å². The Morgan fingerprint density at radius 1 is 1.03 bits per heavy atom. The van der Waals surface area contributed by atoms with E-state index >= 15 is 0 Å². The van der Waals surface area contributed by atoms with E-state index in [1.54, 1.807) is 30.6 Å². The first-order chi connectivity index (χ1) is 14.5. The van der Waals surface area contributed by atoms with Gasteiger partial charge in [-0.15, -0.1) is 0 Å². The summed E-state index contributed by atoms with van der Waals surface area (Å²) in [5.74, 6) is 0.594. The fourth-order valence-electron chi connectivity index (χ4n) is 4.39. The Hall–Kier alpha value is -3.42. The highest BCUT2D eigenvalue weighted by Crippen LogP contribution is 2.36. The molecule has 4 heterocycles. The zero-order valence-corrected chi connectivity index (χ0v) is 16.8. The second-order valence-electron chi connectivity index (χ2n) is 7.88. The van der Waals surface area contributed by atoms with Crippen LogP contribution >= 0.6 is 0 Å². The molecule has 7 nitrogen and oxygen atoms in total. The summed E-state index contributed by atoms with van der Waals surface area (Å²) < 4.78 is 14.6. The lowest BCUT2D eigenvalue weighted by Crippen LogP contribution is -2.58. The van der Waals surface area contributed by atoms with Crippen LogP contribution in [0, 0.1) is 25.6 Å². The topological polar surface area (TPSA) is 75.1 Å². The van der Waals surface area contributed by atoms with Crippen LogP contribution in [0.1, 0.15) is 21.7 Å². The SMILES string of the molecule is Cc1cc(C)nc(N2CC3CN(C(=O)c4cccc(F)c4-c4ncccn4)C3C2)n1. The van der Waals surface area contributed by atoms with Crippen molar-refractivity contribution in [2.24, 2.45) is 5.92 Å². The van der Waals surface area contributed by atoms with Crippen LogP contribution in [-0.4, -0.2) is 56.4 Å². The van der Waals surface area contributed by atoms with E-state index in [1.165, 1.54) is 6.07 Å². The van der Waals surface area contributed by atoms with Gasteiger partial charge in [0.25, 0.3) is 5.91 Å². The van der Waals surface area contributed by atoms with Gasteiger partial charge in [-0.1, -0.05) is 6.07 Å². The van der Waals surface area contributed by atoms with Gasteiger partial charge in [-0.3, -0.25) is 4.79 Å². The molecule has 1 amide bonds. The highest BCUT2D eigenvalue weighted by atomic mass is 19.1. The number of likely N-dealkylation sites (tertiary alicyclic amines) is 1. The zero-order chi connectivity index (χ0) is 20.8. The fourth-order valence-corrected chi connectivity index (χ4v) is 4.39. The van der Waals surface area contributed by atoms with E-state index in [2.05, 4.69) is 24.8 Å². The average Bonchev–Trinajstić information content (AvgIpc) is 3.04. The summed E-state index contributed by atoms with van der Waals surface area (Å²) in [6.45, 7) is 6.03. The van der Waals surface area contributed by atoms with Gasteiger partial charge in [-0.25, -0.2) is 24.3 Å². The van der Waals surface area contributed by atoms with Crippen LogP contribution in [0.2, 0.25) is 0 Å². The minimum atomic E-state index is -0.499. The van der Waals surface area contributed by atoms with Crippen molar-refractivity contribution in [2.45, 2.75) is 19.9 Å². The molecule has 3 aromatic rings. The normalized spacial score (nSPS) is 20.1. The van der Waals surface area contributed by atoms with Crippen LogP contribution in [0.15, 0.2) is 42.7 Å². The molecular formula is C22H21FN6O. The number of hydrogen-bond donors (Lipinski definition) is 0. The summed E-state index contributed by atoms with van der Waals surface area (Å²) in [4.78, 5) is 34.7. The monoisotopic (exact) mass is 404 g/mol. The molecule has 0 radical (unpaired) electrons. The van der Waals surface area contributed by atoms with E-state index in [4.69, 9.17) is 0 Å². The first-order valence-electron chi connectivity index (χ1n) is 9.95. The Morgan fingerprint density at radius 2 is 1.77 bits per heavy atom. The Labute approximate surface area is 173 Å². The van der Waals surface area contributed by atoms with Crippen molar-refractivity contribution in [1.29, 1.82) is 0 Å². The number of carbonyl (C=O) groups excluding carboxylic acids is 1. The molecule has 1 aromatic carbocycles. The first-order valence-corrected chi connectivity index (χ1v) is 9.95. The molecule has 2 fully saturated rings. The molecule has 30 heavy (non-hydrogen) atoms. The van der Waals surface area contributed by atoms with Crippen molar-refractivity contribution in [1.82, 2.24) is 24.8 Å². The number of carbonyl (C=O) groups is 1. The van der Waals surface area contributed by atoms with Gasteiger partial charge in [-0.05, 0) is 38.1 Å². The number of benzene rings is 1. The average molecular weight is 404 g/mol. The molecule has 2 aliphatic heterocycles. The lowest BCUT2D eigenvalue weighted by atomic mass is 9.90. The van der Waals surface area contributed by atoms with Gasteiger partial charge in [0, 0.05) is 49.3 Å². The molecule has 8 heteroatoms. The Bertz CT molecular complexity index is 1100. The molecule has 2 atom stereocenters. The standard InChI is InChI=1S/C22H21FN6O/c1-13-9-14(2)27-22(26-13)28-10-15-11-29(18(15)12-28)21(30)16-5-3-6-17(23)19(16)20-24-7-4-8-25-20/h3-9,15,18H,10-12H2,1-2H3. The van der Waals surface area contributed by atoms with Crippen LogP contribution in [0.4, 0.5) is 10.3 Å². The van der Waals surface area contributed by atoms with Gasteiger partial charge in [0.1, 0.15) is 5.82 Å². The van der Waals surface area contributed by atoms with Gasteiger partial charge in [0.15, 0.2) is 5.82 Å². The Balaban J connectivity index is 1.40. The number of rotatable bonds is 3. The summed E-state index contributed by atoms with van der Waals surface area (Å²) in [7, 11) is 0. The highest BCUT2D eigenvalue weighted by molar-refractivity contribution is 6.01. The summed E-state index contributed by atoms with van der Waals surface area (Å²) in [5, 5.41) is 0. The van der Waals surface area contributed by atoms with Gasteiger partial charge >= 0.3 is 0 Å². The molecule has 0 saturated carbocycles. The van der Waals surface area contributed by atoms with Crippen molar-refractivity contribution in [3.05, 3.63) is 65.5 Å². The Morgan fingerprint density at radius 3 is 2.50 bits per heavy atom. The predicted molar refractivity (Wildman–Crippen MR) is 109 cm³/mol. The van der Waals surface area contributed by atoms with Gasteiger partial charge in [0.2, 0.25) is 5.95 Å². The summed E-state index contributed by atoms with van der Waals surface area (Å²) in [6, 6.07) is 8.20. The lowest BCUT2D eigenvalue weighted by molar-refractivity contribution is 0.0328. The van der Waals surface area contributed by atoms with E-state index in [9.17, 15) is 9.18 Å². The quantitative estimate of drug-likeness (QED) is 0.668. The zero-order valence-electron chi connectivity index (χ0n) is 16.8. The number of aryl methyl sites for hydroxylation is 2. The second kappa shape index (κ2) is 7.12. The smallest absolute Gasteiger partial charge is 0.255 e. The summed E-state index contributed by atoms with van der Waals surface area (Å²) >= 11 is 0. The van der Waals surface area contributed by atoms with Crippen molar-refractivity contribution in [3.63, 3.8) is 0 Å².